The number of likely N-dealkylation sites (tertiary alicyclic amines) is 1. The minimum Gasteiger partial charge on any atom is -0.508 e. The highest BCUT2D eigenvalue weighted by Crippen LogP contribution is 2.35. The lowest BCUT2D eigenvalue weighted by Gasteiger charge is -2.47. The van der Waals surface area contributed by atoms with Crippen LogP contribution in [0.25, 0.3) is 0 Å². The second-order valence-corrected chi connectivity index (χ2v) is 9.76. The molecule has 2 aliphatic rings. The summed E-state index contributed by atoms with van der Waals surface area (Å²) in [7, 11) is 0. The molecule has 0 radical (unpaired) electrons. The molecular weight excluding hydrogens is 442 g/mol. The van der Waals surface area contributed by atoms with Crippen LogP contribution in [0, 0.1) is 0 Å². The molecule has 7 nitrogen and oxygen atoms in total. The predicted molar refractivity (Wildman–Crippen MR) is 135 cm³/mol. The van der Waals surface area contributed by atoms with Crippen LogP contribution in [0.2, 0.25) is 0 Å². The standard InChI is InChI=1S/C28H35N3O4/c1-4-13-29-17-20(3)31(18-19(29)2)26(22-9-6-11-24(32)16-22)21-8-5-10-23(15-21)27(33)30-14-7-12-25(30)28(34)35/h4-6,8-11,15-16,19-20,25-26,32H,1,7,12-14,17-18H2,2-3H3,(H,34,35)/t19-,20+,25?,26-/m1/s1. The zero-order valence-electron chi connectivity index (χ0n) is 20.5. The number of aliphatic carboxylic acids is 1. The smallest absolute Gasteiger partial charge is 0.326 e. The molecular formula is C28H35N3O4. The third kappa shape index (κ3) is 5.26. The molecule has 2 aromatic carbocycles. The highest BCUT2D eigenvalue weighted by molar-refractivity contribution is 5.97. The van der Waals surface area contributed by atoms with E-state index in [0.717, 1.165) is 30.8 Å². The lowest BCUT2D eigenvalue weighted by atomic mass is 9.92. The highest BCUT2D eigenvalue weighted by atomic mass is 16.4. The number of amides is 1. The summed E-state index contributed by atoms with van der Waals surface area (Å²) in [5, 5.41) is 19.8. The van der Waals surface area contributed by atoms with Gasteiger partial charge in [-0.15, -0.1) is 6.58 Å². The first kappa shape index (κ1) is 24.9. The van der Waals surface area contributed by atoms with Gasteiger partial charge in [-0.1, -0.05) is 30.3 Å². The minimum absolute atomic E-state index is 0.160. The Morgan fingerprint density at radius 2 is 1.80 bits per heavy atom. The first-order chi connectivity index (χ1) is 16.8. The highest BCUT2D eigenvalue weighted by Gasteiger charge is 2.36. The van der Waals surface area contributed by atoms with E-state index in [1.54, 1.807) is 18.2 Å². The molecule has 2 saturated heterocycles. The van der Waals surface area contributed by atoms with Gasteiger partial charge in [0.1, 0.15) is 11.8 Å². The zero-order valence-corrected chi connectivity index (χ0v) is 20.5. The molecule has 186 valence electrons. The van der Waals surface area contributed by atoms with Crippen LogP contribution in [0.5, 0.6) is 5.75 Å². The van der Waals surface area contributed by atoms with Crippen LogP contribution in [0.4, 0.5) is 0 Å². The molecule has 0 spiro atoms. The Morgan fingerprint density at radius 1 is 1.09 bits per heavy atom. The second-order valence-electron chi connectivity index (χ2n) is 9.76. The van der Waals surface area contributed by atoms with Gasteiger partial charge in [0.25, 0.3) is 5.91 Å². The summed E-state index contributed by atoms with van der Waals surface area (Å²) >= 11 is 0. The van der Waals surface area contributed by atoms with Gasteiger partial charge in [0.2, 0.25) is 0 Å². The van der Waals surface area contributed by atoms with Crippen molar-refractivity contribution in [2.45, 2.75) is 50.9 Å². The lowest BCUT2D eigenvalue weighted by molar-refractivity contribution is -0.141. The van der Waals surface area contributed by atoms with Crippen molar-refractivity contribution in [2.24, 2.45) is 0 Å². The maximum Gasteiger partial charge on any atom is 0.326 e. The fourth-order valence-corrected chi connectivity index (χ4v) is 5.55. The quantitative estimate of drug-likeness (QED) is 0.591. The Kier molecular flexibility index (Phi) is 7.57. The minimum atomic E-state index is -0.954. The van der Waals surface area contributed by atoms with Gasteiger partial charge in [-0.05, 0) is 62.1 Å². The number of phenolic OH excluding ortho intramolecular Hbond substituents is 1. The summed E-state index contributed by atoms with van der Waals surface area (Å²) in [5.41, 5.74) is 2.39. The number of aromatic hydroxyl groups is 1. The largest absolute Gasteiger partial charge is 0.508 e. The van der Waals surface area contributed by atoms with Gasteiger partial charge in [0, 0.05) is 43.8 Å². The van der Waals surface area contributed by atoms with Gasteiger partial charge in [-0.25, -0.2) is 4.79 Å². The van der Waals surface area contributed by atoms with E-state index >= 15 is 0 Å². The molecule has 0 aliphatic carbocycles. The van der Waals surface area contributed by atoms with E-state index in [9.17, 15) is 19.8 Å². The number of piperazine rings is 1. The summed E-state index contributed by atoms with van der Waals surface area (Å²) < 4.78 is 0. The molecule has 2 aliphatic heterocycles. The molecule has 2 fully saturated rings. The number of benzene rings is 2. The maximum atomic E-state index is 13.3. The van der Waals surface area contributed by atoms with Gasteiger partial charge in [-0.2, -0.15) is 0 Å². The van der Waals surface area contributed by atoms with Crippen LogP contribution in [0.15, 0.2) is 61.2 Å². The topological polar surface area (TPSA) is 84.3 Å². The van der Waals surface area contributed by atoms with Crippen molar-refractivity contribution in [3.8, 4) is 5.75 Å². The first-order valence-electron chi connectivity index (χ1n) is 12.3. The zero-order chi connectivity index (χ0) is 25.1. The van der Waals surface area contributed by atoms with Gasteiger partial charge in [0.15, 0.2) is 0 Å². The SMILES string of the molecule is C=CCN1C[C@H](C)N([C@@H](c2cccc(O)c2)c2cccc(C(=O)N3CCCC3C(=O)O)c2)C[C@H]1C. The maximum absolute atomic E-state index is 13.3. The van der Waals surface area contributed by atoms with Crippen molar-refractivity contribution in [2.75, 3.05) is 26.2 Å². The number of nitrogens with zero attached hydrogens (tertiary/aromatic N) is 3. The number of carbonyl (C=O) groups is 2. The van der Waals surface area contributed by atoms with E-state index in [1.165, 1.54) is 4.90 Å². The Morgan fingerprint density at radius 3 is 2.49 bits per heavy atom. The molecule has 35 heavy (non-hydrogen) atoms. The normalized spacial score (nSPS) is 24.3. The fourth-order valence-electron chi connectivity index (χ4n) is 5.55. The Balaban J connectivity index is 1.70. The average Bonchev–Trinajstić information content (AvgIpc) is 3.33. The van der Waals surface area contributed by atoms with E-state index in [0.29, 0.717) is 31.0 Å². The summed E-state index contributed by atoms with van der Waals surface area (Å²) in [6.07, 6.45) is 3.11. The third-order valence-electron chi connectivity index (χ3n) is 7.29. The Hall–Kier alpha value is -3.16. The number of hydrogen-bond acceptors (Lipinski definition) is 5. The molecule has 4 atom stereocenters. The summed E-state index contributed by atoms with van der Waals surface area (Å²) in [4.78, 5) is 31.3. The van der Waals surface area contributed by atoms with E-state index in [4.69, 9.17) is 0 Å². The number of rotatable bonds is 7. The first-order valence-corrected chi connectivity index (χ1v) is 12.3. The lowest BCUT2D eigenvalue weighted by Crippen LogP contribution is -2.57. The molecule has 1 amide bonds. The summed E-state index contributed by atoms with van der Waals surface area (Å²) in [5.74, 6) is -0.999. The van der Waals surface area contributed by atoms with Crippen molar-refractivity contribution in [3.63, 3.8) is 0 Å². The van der Waals surface area contributed by atoms with Crippen molar-refractivity contribution >= 4 is 11.9 Å². The predicted octanol–water partition coefficient (Wildman–Crippen LogP) is 3.75. The van der Waals surface area contributed by atoms with Gasteiger partial charge >= 0.3 is 5.97 Å². The summed E-state index contributed by atoms with van der Waals surface area (Å²) in [6, 6.07) is 14.4. The van der Waals surface area contributed by atoms with Crippen LogP contribution < -0.4 is 0 Å². The molecule has 1 unspecified atom stereocenters. The van der Waals surface area contributed by atoms with E-state index in [1.807, 2.05) is 36.4 Å². The van der Waals surface area contributed by atoms with Crippen LogP contribution in [-0.2, 0) is 4.79 Å². The van der Waals surface area contributed by atoms with Crippen LogP contribution >= 0.6 is 0 Å². The molecule has 0 bridgehead atoms. The van der Waals surface area contributed by atoms with Crippen LogP contribution in [0.1, 0.15) is 54.2 Å². The van der Waals surface area contributed by atoms with Gasteiger partial charge < -0.3 is 15.1 Å². The van der Waals surface area contributed by atoms with Crippen molar-refractivity contribution in [3.05, 3.63) is 77.9 Å². The number of phenols is 1. The van der Waals surface area contributed by atoms with Gasteiger partial charge in [0.05, 0.1) is 6.04 Å². The van der Waals surface area contributed by atoms with Crippen molar-refractivity contribution in [1.82, 2.24) is 14.7 Å². The molecule has 0 aromatic heterocycles. The summed E-state index contributed by atoms with van der Waals surface area (Å²) in [6.45, 7) is 11.3. The molecule has 4 rings (SSSR count). The number of hydrogen-bond donors (Lipinski definition) is 2. The van der Waals surface area contributed by atoms with Crippen molar-refractivity contribution in [1.29, 1.82) is 0 Å². The van der Waals surface area contributed by atoms with E-state index < -0.39 is 12.0 Å². The number of carboxylic acids is 1. The Bertz CT molecular complexity index is 1090. The number of carbonyl (C=O) groups excluding carboxylic acids is 1. The average molecular weight is 478 g/mol. The van der Waals surface area contributed by atoms with Crippen LogP contribution in [-0.4, -0.2) is 81.1 Å². The molecule has 2 aromatic rings. The van der Waals surface area contributed by atoms with E-state index in [-0.39, 0.29) is 23.7 Å². The monoisotopic (exact) mass is 477 g/mol. The fraction of sp³-hybridized carbons (Fsp3) is 0.429. The molecule has 2 heterocycles. The van der Waals surface area contributed by atoms with E-state index in [2.05, 4.69) is 30.2 Å². The van der Waals surface area contributed by atoms with Gasteiger partial charge in [-0.3, -0.25) is 14.6 Å². The van der Waals surface area contributed by atoms with Crippen molar-refractivity contribution < 1.29 is 19.8 Å². The third-order valence-corrected chi connectivity index (χ3v) is 7.29. The molecule has 7 heteroatoms. The Labute approximate surface area is 207 Å². The second kappa shape index (κ2) is 10.6. The number of carboxylic acid groups (broad SMARTS) is 1. The molecule has 2 N–H and O–H groups in total. The van der Waals surface area contributed by atoms with Crippen LogP contribution in [0.3, 0.4) is 0 Å². The molecule has 0 saturated carbocycles.